The third-order valence-corrected chi connectivity index (χ3v) is 5.67. The molecule has 1 aromatic carbocycles. The number of benzene rings is 1. The molecule has 0 spiro atoms. The molecule has 4 heterocycles. The third kappa shape index (κ3) is 3.23. The smallest absolute Gasteiger partial charge is 0.381 e. The topological polar surface area (TPSA) is 66.3 Å². The number of imidazole rings is 1. The summed E-state index contributed by atoms with van der Waals surface area (Å²) < 4.78 is 49.7. The molecule has 5 rings (SSSR count). The predicted octanol–water partition coefficient (Wildman–Crippen LogP) is 3.02. The van der Waals surface area contributed by atoms with Gasteiger partial charge in [-0.05, 0) is 29.8 Å². The van der Waals surface area contributed by atoms with Crippen molar-refractivity contribution in [1.29, 1.82) is 0 Å². The van der Waals surface area contributed by atoms with Crippen LogP contribution >= 0.6 is 0 Å². The van der Waals surface area contributed by atoms with Gasteiger partial charge in [0.15, 0.2) is 0 Å². The van der Waals surface area contributed by atoms with E-state index in [0.29, 0.717) is 18.9 Å². The van der Waals surface area contributed by atoms with Crippen molar-refractivity contribution in [2.24, 2.45) is 13.0 Å². The Kier molecular flexibility index (Phi) is 4.47. The Labute approximate surface area is 174 Å². The molecule has 0 N–H and O–H groups in total. The zero-order valence-corrected chi connectivity index (χ0v) is 16.5. The van der Waals surface area contributed by atoms with Crippen molar-refractivity contribution in [2.75, 3.05) is 13.2 Å². The van der Waals surface area contributed by atoms with Gasteiger partial charge < -0.3 is 9.30 Å². The normalized spacial score (nSPS) is 15.9. The van der Waals surface area contributed by atoms with Gasteiger partial charge in [-0.15, -0.1) is 10.2 Å². The van der Waals surface area contributed by atoms with Gasteiger partial charge >= 0.3 is 11.9 Å². The molecule has 1 unspecified atom stereocenters. The van der Waals surface area contributed by atoms with E-state index in [-0.39, 0.29) is 17.4 Å². The lowest BCUT2D eigenvalue weighted by atomic mass is 9.84. The minimum Gasteiger partial charge on any atom is -0.381 e. The van der Waals surface area contributed by atoms with Gasteiger partial charge in [-0.25, -0.2) is 4.79 Å². The van der Waals surface area contributed by atoms with Crippen molar-refractivity contribution in [3.05, 3.63) is 82.6 Å². The van der Waals surface area contributed by atoms with Crippen LogP contribution in [0.3, 0.4) is 0 Å². The molecule has 1 fully saturated rings. The van der Waals surface area contributed by atoms with Crippen LogP contribution in [-0.4, -0.2) is 36.9 Å². The highest BCUT2D eigenvalue weighted by molar-refractivity contribution is 5.56. The van der Waals surface area contributed by atoms with Crippen LogP contribution in [0.5, 0.6) is 0 Å². The maximum atomic E-state index is 13.4. The van der Waals surface area contributed by atoms with Crippen LogP contribution in [0.15, 0.2) is 59.9 Å². The monoisotopic (exact) mass is 429 g/mol. The van der Waals surface area contributed by atoms with E-state index in [1.165, 1.54) is 23.0 Å². The van der Waals surface area contributed by atoms with Gasteiger partial charge in [0, 0.05) is 25.4 Å². The van der Waals surface area contributed by atoms with Gasteiger partial charge in [0.25, 0.3) is 0 Å². The highest BCUT2D eigenvalue weighted by atomic mass is 19.4. The van der Waals surface area contributed by atoms with E-state index >= 15 is 0 Å². The fourth-order valence-corrected chi connectivity index (χ4v) is 4.06. The first-order chi connectivity index (χ1) is 14.8. The van der Waals surface area contributed by atoms with E-state index in [1.807, 2.05) is 23.7 Å². The van der Waals surface area contributed by atoms with Crippen molar-refractivity contribution in [3.8, 4) is 5.69 Å². The van der Waals surface area contributed by atoms with Crippen molar-refractivity contribution in [2.45, 2.75) is 12.1 Å². The van der Waals surface area contributed by atoms with Crippen molar-refractivity contribution < 1.29 is 17.9 Å². The molecule has 160 valence electrons. The molecular formula is C21H18F3N5O2. The molecule has 1 saturated heterocycles. The van der Waals surface area contributed by atoms with E-state index in [9.17, 15) is 18.0 Å². The minimum absolute atomic E-state index is 0.111. The van der Waals surface area contributed by atoms with Gasteiger partial charge in [-0.2, -0.15) is 13.2 Å². The first-order valence-electron chi connectivity index (χ1n) is 9.66. The number of fused-ring (bicyclic) bond motifs is 1. The van der Waals surface area contributed by atoms with E-state index in [4.69, 9.17) is 4.74 Å². The number of halogens is 3. The molecule has 1 atom stereocenters. The molecule has 31 heavy (non-hydrogen) atoms. The standard InChI is InChI=1S/C21H18F3N5O2/c1-27-12-25-26-19(27)18(14-10-31-11-14)13-4-2-5-15(8-13)29-9-17-16(21(22,23)24)6-3-7-28(17)20(29)30/h2-9,12,14,18H,10-11H2,1H3. The van der Waals surface area contributed by atoms with Crippen LogP contribution in [-0.2, 0) is 18.0 Å². The molecule has 7 nitrogen and oxygen atoms in total. The fourth-order valence-electron chi connectivity index (χ4n) is 4.06. The number of aryl methyl sites for hydroxylation is 1. The zero-order chi connectivity index (χ0) is 21.8. The SMILES string of the molecule is Cn1cnnc1C(c1cccc(-n2cc3c(C(F)(F)F)cccn3c2=O)c1)C1COC1. The summed E-state index contributed by atoms with van der Waals surface area (Å²) in [5.41, 5.74) is -0.250. The highest BCUT2D eigenvalue weighted by Gasteiger charge is 2.35. The Hall–Kier alpha value is -3.40. The van der Waals surface area contributed by atoms with E-state index in [1.54, 1.807) is 18.5 Å². The van der Waals surface area contributed by atoms with E-state index in [2.05, 4.69) is 10.2 Å². The van der Waals surface area contributed by atoms with E-state index < -0.39 is 17.4 Å². The molecular weight excluding hydrogens is 411 g/mol. The summed E-state index contributed by atoms with van der Waals surface area (Å²) in [6, 6.07) is 9.40. The number of nitrogens with zero attached hydrogens (tertiary/aromatic N) is 5. The van der Waals surface area contributed by atoms with Crippen LogP contribution in [0.1, 0.15) is 22.9 Å². The second kappa shape index (κ2) is 7.09. The minimum atomic E-state index is -4.56. The molecule has 0 amide bonds. The first-order valence-corrected chi connectivity index (χ1v) is 9.66. The molecule has 0 saturated carbocycles. The fraction of sp³-hybridized carbons (Fsp3) is 0.286. The zero-order valence-electron chi connectivity index (χ0n) is 16.5. The Balaban J connectivity index is 1.64. The van der Waals surface area contributed by atoms with Gasteiger partial charge in [0.2, 0.25) is 0 Å². The number of alkyl halides is 3. The second-order valence-corrected chi connectivity index (χ2v) is 7.63. The molecule has 0 radical (unpaired) electrons. The summed E-state index contributed by atoms with van der Waals surface area (Å²) in [5, 5.41) is 8.22. The number of hydrogen-bond acceptors (Lipinski definition) is 4. The summed E-state index contributed by atoms with van der Waals surface area (Å²) in [7, 11) is 1.86. The van der Waals surface area contributed by atoms with Crippen LogP contribution in [0.25, 0.3) is 11.2 Å². The Morgan fingerprint density at radius 1 is 1.19 bits per heavy atom. The van der Waals surface area contributed by atoms with Crippen LogP contribution in [0.2, 0.25) is 0 Å². The van der Waals surface area contributed by atoms with Crippen molar-refractivity contribution in [3.63, 3.8) is 0 Å². The van der Waals surface area contributed by atoms with E-state index in [0.717, 1.165) is 21.9 Å². The Bertz CT molecular complexity index is 1320. The number of aromatic nitrogens is 5. The summed E-state index contributed by atoms with van der Waals surface area (Å²) in [5.74, 6) is 0.846. The van der Waals surface area contributed by atoms with Crippen molar-refractivity contribution >= 4 is 5.52 Å². The molecule has 0 bridgehead atoms. The summed E-state index contributed by atoms with van der Waals surface area (Å²) >= 11 is 0. The summed E-state index contributed by atoms with van der Waals surface area (Å²) in [6.45, 7) is 1.15. The van der Waals surface area contributed by atoms with Crippen molar-refractivity contribution in [1.82, 2.24) is 23.7 Å². The lowest BCUT2D eigenvalue weighted by Gasteiger charge is -2.33. The van der Waals surface area contributed by atoms with Gasteiger partial charge in [0.05, 0.1) is 35.9 Å². The average molecular weight is 429 g/mol. The molecule has 1 aliphatic heterocycles. The third-order valence-electron chi connectivity index (χ3n) is 5.67. The van der Waals surface area contributed by atoms with Gasteiger partial charge in [0.1, 0.15) is 12.2 Å². The quantitative estimate of drug-likeness (QED) is 0.500. The van der Waals surface area contributed by atoms with Gasteiger partial charge in [-0.1, -0.05) is 12.1 Å². The molecule has 1 aliphatic rings. The number of ether oxygens (including phenoxy) is 1. The number of rotatable bonds is 4. The summed E-state index contributed by atoms with van der Waals surface area (Å²) in [4.78, 5) is 12.9. The summed E-state index contributed by atoms with van der Waals surface area (Å²) in [6.07, 6.45) is -0.377. The van der Waals surface area contributed by atoms with Gasteiger partial charge in [-0.3, -0.25) is 8.97 Å². The predicted molar refractivity (Wildman–Crippen MR) is 105 cm³/mol. The van der Waals surface area contributed by atoms with Crippen LogP contribution in [0.4, 0.5) is 13.2 Å². The highest BCUT2D eigenvalue weighted by Crippen LogP contribution is 2.36. The Morgan fingerprint density at radius 2 is 2.00 bits per heavy atom. The van der Waals surface area contributed by atoms with Crippen LogP contribution < -0.4 is 5.69 Å². The molecule has 3 aromatic heterocycles. The maximum Gasteiger partial charge on any atom is 0.418 e. The lowest BCUT2D eigenvalue weighted by Crippen LogP contribution is -2.35. The molecule has 10 heteroatoms. The Morgan fingerprint density at radius 3 is 2.65 bits per heavy atom. The van der Waals surface area contributed by atoms with Crippen LogP contribution in [0, 0.1) is 5.92 Å². The maximum absolute atomic E-state index is 13.4. The molecule has 4 aromatic rings. The number of pyridine rings is 1. The number of hydrogen-bond donors (Lipinski definition) is 0. The molecule has 0 aliphatic carbocycles. The second-order valence-electron chi connectivity index (χ2n) is 7.63. The largest absolute Gasteiger partial charge is 0.418 e. The average Bonchev–Trinajstić information content (AvgIpc) is 3.27. The lowest BCUT2D eigenvalue weighted by molar-refractivity contribution is -0.136. The first kappa shape index (κ1) is 19.6.